The molecule has 0 spiro atoms. The molecule has 2 nitrogen and oxygen atoms in total. The average Bonchev–Trinajstić information content (AvgIpc) is 3.28. The molecule has 0 radical (unpaired) electrons. The average molecular weight is 463 g/mol. The van der Waals surface area contributed by atoms with E-state index in [2.05, 4.69) is 29.2 Å². The van der Waals surface area contributed by atoms with Gasteiger partial charge in [0.15, 0.2) is 0 Å². The second-order valence-corrected chi connectivity index (χ2v) is 10.00. The minimum atomic E-state index is -0.229. The monoisotopic (exact) mass is 462 g/mol. The number of aromatic nitrogens is 1. The van der Waals surface area contributed by atoms with Gasteiger partial charge in [-0.3, -0.25) is 0 Å². The molecule has 1 aliphatic rings. The lowest BCUT2D eigenvalue weighted by atomic mass is 9.87. The largest absolute Gasteiger partial charge is 0.303 e. The number of piperidine rings is 1. The van der Waals surface area contributed by atoms with Gasteiger partial charge in [-0.1, -0.05) is 36.4 Å². The third-order valence-corrected chi connectivity index (χ3v) is 7.96. The maximum Gasteiger partial charge on any atom is 0.123 e. The molecule has 0 atom stereocenters. The van der Waals surface area contributed by atoms with Crippen LogP contribution in [0.3, 0.4) is 0 Å². The smallest absolute Gasteiger partial charge is 0.123 e. The number of hydrogen-bond acceptors (Lipinski definition) is 3. The normalized spacial score (nSPS) is 15.5. The van der Waals surface area contributed by atoms with Crippen molar-refractivity contribution in [3.63, 3.8) is 0 Å². The van der Waals surface area contributed by atoms with E-state index in [4.69, 9.17) is 4.98 Å². The molecule has 4 aromatic rings. The predicted molar refractivity (Wildman–Crippen MR) is 132 cm³/mol. The molecule has 3 aromatic carbocycles. The zero-order valence-corrected chi connectivity index (χ0v) is 19.4. The number of likely N-dealkylation sites (tertiary alicyclic amines) is 1. The van der Waals surface area contributed by atoms with Crippen LogP contribution in [0.5, 0.6) is 0 Å². The van der Waals surface area contributed by atoms with Crippen LogP contribution >= 0.6 is 11.3 Å². The Balaban J connectivity index is 1.18. The van der Waals surface area contributed by atoms with E-state index in [9.17, 15) is 8.78 Å². The van der Waals surface area contributed by atoms with Crippen molar-refractivity contribution in [1.29, 1.82) is 0 Å². The Bertz CT molecular complexity index is 1100. The number of halogens is 2. The first-order valence-corrected chi connectivity index (χ1v) is 12.6. The van der Waals surface area contributed by atoms with Crippen LogP contribution in [0.25, 0.3) is 10.2 Å². The highest BCUT2D eigenvalue weighted by Gasteiger charge is 2.23. The van der Waals surface area contributed by atoms with E-state index in [1.807, 2.05) is 35.6 Å². The van der Waals surface area contributed by atoms with Crippen molar-refractivity contribution in [2.45, 2.75) is 37.5 Å². The molecule has 1 aromatic heterocycles. The van der Waals surface area contributed by atoms with E-state index in [0.29, 0.717) is 5.92 Å². The van der Waals surface area contributed by atoms with Gasteiger partial charge < -0.3 is 4.90 Å². The van der Waals surface area contributed by atoms with Crippen molar-refractivity contribution in [2.75, 3.05) is 19.6 Å². The van der Waals surface area contributed by atoms with Gasteiger partial charge in [0.1, 0.15) is 11.6 Å². The molecule has 1 fully saturated rings. The lowest BCUT2D eigenvalue weighted by Crippen LogP contribution is -2.33. The molecule has 5 heteroatoms. The van der Waals surface area contributed by atoms with Gasteiger partial charge in [0.05, 0.1) is 15.2 Å². The molecule has 0 amide bonds. The molecule has 0 unspecified atom stereocenters. The Morgan fingerprint density at radius 2 is 1.45 bits per heavy atom. The third-order valence-electron chi connectivity index (χ3n) is 6.76. The summed E-state index contributed by atoms with van der Waals surface area (Å²) in [4.78, 5) is 7.42. The Kier molecular flexibility index (Phi) is 6.79. The third kappa shape index (κ3) is 5.31. The molecular weight excluding hydrogens is 434 g/mol. The van der Waals surface area contributed by atoms with E-state index in [1.54, 1.807) is 0 Å². The number of fused-ring (bicyclic) bond motifs is 1. The summed E-state index contributed by atoms with van der Waals surface area (Å²) in [6.45, 7) is 3.24. The summed E-state index contributed by atoms with van der Waals surface area (Å²) in [5.74, 6) is 0.247. The van der Waals surface area contributed by atoms with E-state index in [-0.39, 0.29) is 17.6 Å². The van der Waals surface area contributed by atoms with E-state index in [1.165, 1.54) is 34.0 Å². The van der Waals surface area contributed by atoms with Crippen LogP contribution in [-0.2, 0) is 0 Å². The highest BCUT2D eigenvalue weighted by atomic mass is 32.1. The summed E-state index contributed by atoms with van der Waals surface area (Å²) >= 11 is 1.84. The van der Waals surface area contributed by atoms with Crippen molar-refractivity contribution in [2.24, 2.45) is 0 Å². The highest BCUT2D eigenvalue weighted by molar-refractivity contribution is 7.18. The SMILES string of the molecule is Fc1ccc(C(CCCN2CCC(c3nc4ccccc4s3)CC2)c2ccc(F)cc2)cc1. The summed E-state index contributed by atoms with van der Waals surface area (Å²) in [7, 11) is 0. The number of para-hydroxylation sites is 1. The van der Waals surface area contributed by atoms with Crippen LogP contribution in [-0.4, -0.2) is 29.5 Å². The van der Waals surface area contributed by atoms with Gasteiger partial charge in [-0.2, -0.15) is 0 Å². The fourth-order valence-electron chi connectivity index (χ4n) is 4.90. The Morgan fingerprint density at radius 1 is 0.848 bits per heavy atom. The number of rotatable bonds is 7. The zero-order chi connectivity index (χ0) is 22.6. The molecule has 0 saturated carbocycles. The minimum Gasteiger partial charge on any atom is -0.303 e. The van der Waals surface area contributed by atoms with Crippen molar-refractivity contribution < 1.29 is 8.78 Å². The van der Waals surface area contributed by atoms with Gasteiger partial charge >= 0.3 is 0 Å². The second-order valence-electron chi connectivity index (χ2n) is 8.93. The first-order valence-electron chi connectivity index (χ1n) is 11.7. The van der Waals surface area contributed by atoms with Gasteiger partial charge in [-0.05, 0) is 92.8 Å². The van der Waals surface area contributed by atoms with Crippen LogP contribution in [0.2, 0.25) is 0 Å². The van der Waals surface area contributed by atoms with Crippen molar-refractivity contribution >= 4 is 21.6 Å². The first kappa shape index (κ1) is 22.2. The molecule has 2 heterocycles. The lowest BCUT2D eigenvalue weighted by Gasteiger charge is -2.31. The highest BCUT2D eigenvalue weighted by Crippen LogP contribution is 2.34. The van der Waals surface area contributed by atoms with Crippen LogP contribution < -0.4 is 0 Å². The van der Waals surface area contributed by atoms with E-state index < -0.39 is 0 Å². The molecule has 1 aliphatic heterocycles. The number of hydrogen-bond donors (Lipinski definition) is 0. The number of nitrogens with zero attached hydrogens (tertiary/aromatic N) is 2. The topological polar surface area (TPSA) is 16.1 Å². The summed E-state index contributed by atoms with van der Waals surface area (Å²) in [6, 6.07) is 21.9. The van der Waals surface area contributed by atoms with Crippen molar-refractivity contribution in [1.82, 2.24) is 9.88 Å². The maximum absolute atomic E-state index is 13.5. The van der Waals surface area contributed by atoms with Crippen LogP contribution in [0.1, 0.15) is 53.7 Å². The molecule has 1 saturated heterocycles. The van der Waals surface area contributed by atoms with E-state index in [0.717, 1.165) is 62.0 Å². The molecule has 170 valence electrons. The molecule has 5 rings (SSSR count). The minimum absolute atomic E-state index is 0.145. The van der Waals surface area contributed by atoms with Crippen LogP contribution in [0, 0.1) is 11.6 Å². The quantitative estimate of drug-likeness (QED) is 0.285. The Morgan fingerprint density at radius 3 is 2.06 bits per heavy atom. The van der Waals surface area contributed by atoms with Crippen molar-refractivity contribution in [3.05, 3.63) is 101 Å². The number of thiazole rings is 1. The van der Waals surface area contributed by atoms with Crippen LogP contribution in [0.4, 0.5) is 8.78 Å². The summed E-state index contributed by atoms with van der Waals surface area (Å²) in [6.07, 6.45) is 4.30. The fourth-order valence-corrected chi connectivity index (χ4v) is 6.04. The van der Waals surface area contributed by atoms with Crippen molar-refractivity contribution in [3.8, 4) is 0 Å². The second kappa shape index (κ2) is 10.1. The van der Waals surface area contributed by atoms with Crippen LogP contribution in [0.15, 0.2) is 72.8 Å². The van der Waals surface area contributed by atoms with Gasteiger partial charge in [0.2, 0.25) is 0 Å². The predicted octanol–water partition coefficient (Wildman–Crippen LogP) is 7.37. The van der Waals surface area contributed by atoms with Gasteiger partial charge in [0, 0.05) is 11.8 Å². The molecule has 0 aliphatic carbocycles. The Labute approximate surface area is 197 Å². The molecule has 0 N–H and O–H groups in total. The van der Waals surface area contributed by atoms with E-state index >= 15 is 0 Å². The van der Waals surface area contributed by atoms with Gasteiger partial charge in [0.25, 0.3) is 0 Å². The van der Waals surface area contributed by atoms with Gasteiger partial charge in [-0.25, -0.2) is 13.8 Å². The molecule has 0 bridgehead atoms. The first-order chi connectivity index (χ1) is 16.2. The molecule has 33 heavy (non-hydrogen) atoms. The van der Waals surface area contributed by atoms with Gasteiger partial charge in [-0.15, -0.1) is 11.3 Å². The lowest BCUT2D eigenvalue weighted by molar-refractivity contribution is 0.208. The summed E-state index contributed by atoms with van der Waals surface area (Å²) in [5.41, 5.74) is 3.28. The summed E-state index contributed by atoms with van der Waals surface area (Å²) < 4.78 is 28.2. The zero-order valence-electron chi connectivity index (χ0n) is 18.6. The Hall–Kier alpha value is -2.63. The molecular formula is C28H28F2N2S. The number of benzene rings is 3. The summed E-state index contributed by atoms with van der Waals surface area (Å²) in [5, 5.41) is 1.28. The maximum atomic E-state index is 13.5. The fraction of sp³-hybridized carbons (Fsp3) is 0.321. The standard InChI is InChI=1S/C28H28F2N2S/c29-23-11-7-20(8-12-23)25(21-9-13-24(30)14-10-21)4-3-17-32-18-15-22(16-19-32)28-31-26-5-1-2-6-27(26)33-28/h1-2,5-14,22,25H,3-4,15-19H2.